The lowest BCUT2D eigenvalue weighted by molar-refractivity contribution is 0.102. The van der Waals surface area contributed by atoms with Gasteiger partial charge in [-0.15, -0.1) is 22.7 Å². The molecule has 0 aliphatic carbocycles. The highest BCUT2D eigenvalue weighted by molar-refractivity contribution is 7.90. The van der Waals surface area contributed by atoms with Crippen molar-refractivity contribution >= 4 is 43.5 Å². The van der Waals surface area contributed by atoms with E-state index in [0.29, 0.717) is 5.13 Å². The van der Waals surface area contributed by atoms with E-state index in [1.54, 1.807) is 23.5 Å². The number of hydrogen-bond acceptors (Lipinski definition) is 6. The van der Waals surface area contributed by atoms with Crippen LogP contribution in [0.2, 0.25) is 0 Å². The van der Waals surface area contributed by atoms with Crippen LogP contribution in [0.1, 0.15) is 20.1 Å². The van der Waals surface area contributed by atoms with Crippen LogP contribution in [0.4, 0.5) is 5.13 Å². The van der Waals surface area contributed by atoms with E-state index in [2.05, 4.69) is 16.4 Å². The number of amides is 1. The van der Waals surface area contributed by atoms with Gasteiger partial charge in [-0.3, -0.25) is 10.1 Å². The summed E-state index contributed by atoms with van der Waals surface area (Å²) in [6.45, 7) is 4.07. The van der Waals surface area contributed by atoms with Gasteiger partial charge in [-0.05, 0) is 32.0 Å². The number of benzene rings is 1. The molecular formula is C17H16N2O3S3. The number of thiophene rings is 1. The molecular weight excluding hydrogens is 376 g/mol. The minimum absolute atomic E-state index is 0.00795. The van der Waals surface area contributed by atoms with Crippen molar-refractivity contribution in [3.63, 3.8) is 0 Å². The van der Waals surface area contributed by atoms with Crippen LogP contribution in [0, 0.1) is 13.8 Å². The summed E-state index contributed by atoms with van der Waals surface area (Å²) in [7, 11) is -3.49. The van der Waals surface area contributed by atoms with Crippen molar-refractivity contribution in [3.8, 4) is 11.3 Å². The monoisotopic (exact) mass is 392 g/mol. The summed E-state index contributed by atoms with van der Waals surface area (Å²) in [4.78, 5) is 19.3. The van der Waals surface area contributed by atoms with Gasteiger partial charge in [0.25, 0.3) is 5.91 Å². The molecule has 0 radical (unpaired) electrons. The van der Waals surface area contributed by atoms with Crippen LogP contribution in [-0.2, 0) is 9.84 Å². The quantitative estimate of drug-likeness (QED) is 0.724. The van der Waals surface area contributed by atoms with Gasteiger partial charge in [0, 0.05) is 27.0 Å². The zero-order chi connectivity index (χ0) is 18.2. The summed E-state index contributed by atoms with van der Waals surface area (Å²) >= 11 is 3.01. The zero-order valence-electron chi connectivity index (χ0n) is 13.9. The fourth-order valence-corrected chi connectivity index (χ4v) is 5.01. The van der Waals surface area contributed by atoms with Gasteiger partial charge in [-0.2, -0.15) is 0 Å². The van der Waals surface area contributed by atoms with Crippen LogP contribution < -0.4 is 5.32 Å². The Labute approximate surface area is 154 Å². The van der Waals surface area contributed by atoms with Crippen molar-refractivity contribution in [2.24, 2.45) is 0 Å². The van der Waals surface area contributed by atoms with E-state index in [-0.39, 0.29) is 10.5 Å². The Morgan fingerprint density at radius 2 is 1.92 bits per heavy atom. The molecule has 1 N–H and O–H groups in total. The molecule has 0 fully saturated rings. The Morgan fingerprint density at radius 3 is 2.56 bits per heavy atom. The molecule has 130 valence electrons. The minimum Gasteiger partial charge on any atom is -0.298 e. The maximum atomic E-state index is 12.5. The van der Waals surface area contributed by atoms with E-state index in [0.717, 1.165) is 17.5 Å². The highest BCUT2D eigenvalue weighted by atomic mass is 32.2. The second kappa shape index (κ2) is 6.70. The van der Waals surface area contributed by atoms with Gasteiger partial charge in [-0.1, -0.05) is 12.1 Å². The Balaban J connectivity index is 1.87. The van der Waals surface area contributed by atoms with Gasteiger partial charge in [0.1, 0.15) is 0 Å². The first-order valence-electron chi connectivity index (χ1n) is 7.39. The lowest BCUT2D eigenvalue weighted by atomic mass is 10.2. The molecule has 0 atom stereocenters. The van der Waals surface area contributed by atoms with Crippen LogP contribution in [0.15, 0.2) is 40.6 Å². The van der Waals surface area contributed by atoms with Crippen LogP contribution in [0.5, 0.6) is 0 Å². The molecule has 1 aromatic carbocycles. The molecule has 8 heteroatoms. The smallest absolute Gasteiger partial charge is 0.258 e. The minimum atomic E-state index is -3.49. The number of thiazole rings is 1. The van der Waals surface area contributed by atoms with E-state index >= 15 is 0 Å². The van der Waals surface area contributed by atoms with Crippen molar-refractivity contribution in [2.75, 3.05) is 11.6 Å². The summed E-state index contributed by atoms with van der Waals surface area (Å²) in [5.41, 5.74) is 1.97. The van der Waals surface area contributed by atoms with E-state index in [4.69, 9.17) is 0 Å². The predicted molar refractivity (Wildman–Crippen MR) is 102 cm³/mol. The first kappa shape index (κ1) is 17.8. The highest BCUT2D eigenvalue weighted by Gasteiger charge is 2.19. The molecule has 0 unspecified atom stereocenters. The number of carbonyl (C=O) groups is 1. The maximum Gasteiger partial charge on any atom is 0.258 e. The van der Waals surface area contributed by atoms with E-state index in [1.165, 1.54) is 33.2 Å². The Kier molecular flexibility index (Phi) is 4.77. The van der Waals surface area contributed by atoms with Crippen molar-refractivity contribution in [1.29, 1.82) is 0 Å². The third kappa shape index (κ3) is 3.81. The second-order valence-electron chi connectivity index (χ2n) is 5.59. The molecule has 0 saturated carbocycles. The Bertz CT molecular complexity index is 1050. The van der Waals surface area contributed by atoms with Crippen LogP contribution >= 0.6 is 22.7 Å². The molecule has 0 aliphatic rings. The van der Waals surface area contributed by atoms with Crippen molar-refractivity contribution in [1.82, 2.24) is 4.98 Å². The SMILES string of the molecule is Cc1cc(-c2csc(NC(=O)c3ccccc3S(C)(=O)=O)n2)c(C)s1. The zero-order valence-corrected chi connectivity index (χ0v) is 16.3. The fraction of sp³-hybridized carbons (Fsp3) is 0.176. The molecule has 2 aromatic heterocycles. The van der Waals surface area contributed by atoms with Crippen LogP contribution in [0.3, 0.4) is 0 Å². The van der Waals surface area contributed by atoms with Crippen molar-refractivity contribution in [2.45, 2.75) is 18.7 Å². The van der Waals surface area contributed by atoms with E-state index in [9.17, 15) is 13.2 Å². The number of nitrogens with one attached hydrogen (secondary N) is 1. The van der Waals surface area contributed by atoms with Crippen molar-refractivity contribution in [3.05, 3.63) is 51.0 Å². The predicted octanol–water partition coefficient (Wildman–Crippen LogP) is 4.14. The molecule has 1 amide bonds. The number of aromatic nitrogens is 1. The van der Waals surface area contributed by atoms with Gasteiger partial charge in [0.2, 0.25) is 0 Å². The molecule has 3 aromatic rings. The van der Waals surface area contributed by atoms with E-state index < -0.39 is 15.7 Å². The van der Waals surface area contributed by atoms with Gasteiger partial charge >= 0.3 is 0 Å². The first-order valence-corrected chi connectivity index (χ1v) is 11.0. The van der Waals surface area contributed by atoms with Gasteiger partial charge in [0.15, 0.2) is 15.0 Å². The number of hydrogen-bond donors (Lipinski definition) is 1. The number of rotatable bonds is 4. The van der Waals surface area contributed by atoms with Gasteiger partial charge in [-0.25, -0.2) is 13.4 Å². The normalized spacial score (nSPS) is 11.5. The number of anilines is 1. The van der Waals surface area contributed by atoms with Crippen molar-refractivity contribution < 1.29 is 13.2 Å². The summed E-state index contributed by atoms with van der Waals surface area (Å²) in [6.07, 6.45) is 1.09. The largest absolute Gasteiger partial charge is 0.298 e. The van der Waals surface area contributed by atoms with E-state index in [1.807, 2.05) is 19.2 Å². The third-order valence-corrected chi connectivity index (χ3v) is 6.45. The Morgan fingerprint density at radius 1 is 1.20 bits per heavy atom. The molecule has 5 nitrogen and oxygen atoms in total. The number of aryl methyl sites for hydroxylation is 2. The molecule has 0 bridgehead atoms. The summed E-state index contributed by atoms with van der Waals surface area (Å²) in [5.74, 6) is -0.486. The van der Waals surface area contributed by atoms with Gasteiger partial charge in [0.05, 0.1) is 16.2 Å². The second-order valence-corrected chi connectivity index (χ2v) is 9.89. The maximum absolute atomic E-state index is 12.5. The lowest BCUT2D eigenvalue weighted by Gasteiger charge is -2.06. The Hall–Kier alpha value is -2.03. The summed E-state index contributed by atoms with van der Waals surface area (Å²) in [6, 6.07) is 8.21. The highest BCUT2D eigenvalue weighted by Crippen LogP contribution is 2.32. The average molecular weight is 393 g/mol. The molecule has 0 saturated heterocycles. The van der Waals surface area contributed by atoms with Crippen LogP contribution in [-0.4, -0.2) is 25.6 Å². The summed E-state index contributed by atoms with van der Waals surface area (Å²) < 4.78 is 23.7. The first-order chi connectivity index (χ1) is 11.8. The number of sulfone groups is 1. The molecule has 2 heterocycles. The molecule has 0 aliphatic heterocycles. The third-order valence-electron chi connectivity index (χ3n) is 3.57. The topological polar surface area (TPSA) is 76.1 Å². The molecule has 25 heavy (non-hydrogen) atoms. The molecule has 0 spiro atoms. The standard InChI is InChI=1S/C17H16N2O3S3/c1-10-8-13(11(2)24-10)14-9-23-17(18-14)19-16(20)12-6-4-5-7-15(12)25(3,21)22/h4-9H,1-3H3,(H,18,19,20). The van der Waals surface area contributed by atoms with Gasteiger partial charge < -0.3 is 0 Å². The van der Waals surface area contributed by atoms with Crippen LogP contribution in [0.25, 0.3) is 11.3 Å². The summed E-state index contributed by atoms with van der Waals surface area (Å²) in [5, 5.41) is 5.01. The number of carbonyl (C=O) groups excluding carboxylic acids is 1. The lowest BCUT2D eigenvalue weighted by Crippen LogP contribution is -2.15. The average Bonchev–Trinajstić information content (AvgIpc) is 3.12. The fourth-order valence-electron chi connectivity index (χ4n) is 2.48. The number of nitrogens with zero attached hydrogens (tertiary/aromatic N) is 1. The molecule has 3 rings (SSSR count).